The van der Waals surface area contributed by atoms with Crippen LogP contribution in [0.15, 0.2) is 18.2 Å². The summed E-state index contributed by atoms with van der Waals surface area (Å²) in [7, 11) is 0. The molecule has 1 unspecified atom stereocenters. The molecule has 0 aromatic heterocycles. The number of hydrogen-bond donors (Lipinski definition) is 2. The van der Waals surface area contributed by atoms with Crippen LogP contribution in [-0.2, 0) is 3.74 Å². The Morgan fingerprint density at radius 2 is 2.09 bits per heavy atom. The molecule has 59 valence electrons. The summed E-state index contributed by atoms with van der Waals surface area (Å²) >= 11 is 2.40. The van der Waals surface area contributed by atoms with E-state index in [2.05, 4.69) is 0 Å². The van der Waals surface area contributed by atoms with Crippen LogP contribution in [0.2, 0.25) is 5.02 Å². The third-order valence-electron chi connectivity index (χ3n) is 1.15. The first-order valence-corrected chi connectivity index (χ1v) is 5.68. The third kappa shape index (κ3) is 2.03. The van der Waals surface area contributed by atoms with Gasteiger partial charge in [-0.3, -0.25) is 0 Å². The summed E-state index contributed by atoms with van der Waals surface area (Å²) in [6.07, 6.45) is 0. The molecule has 0 saturated carbocycles. The van der Waals surface area contributed by atoms with Crippen LogP contribution < -0.4 is 4.35 Å². The Hall–Kier alpha value is -0.372. The van der Waals surface area contributed by atoms with Gasteiger partial charge >= 0.3 is 72.8 Å². The van der Waals surface area contributed by atoms with E-state index in [1.165, 1.54) is 18.2 Å². The summed E-state index contributed by atoms with van der Waals surface area (Å²) in [5.41, 5.74) is 0. The molecule has 0 aliphatic heterocycles. The first-order chi connectivity index (χ1) is 5.11. The van der Waals surface area contributed by atoms with E-state index in [0.717, 1.165) is 0 Å². The Labute approximate surface area is 73.1 Å². The Balaban J connectivity index is 3.15. The van der Waals surface area contributed by atoms with Crippen molar-refractivity contribution in [2.45, 2.75) is 0 Å². The second-order valence-electron chi connectivity index (χ2n) is 1.91. The number of rotatable bonds is 1. The normalized spacial score (nSPS) is 11.3. The topological polar surface area (TPSA) is 57.5 Å². The Morgan fingerprint density at radius 3 is 2.55 bits per heavy atom. The molecule has 3 nitrogen and oxygen atoms in total. The number of halogens is 1. The average molecular weight is 235 g/mol. The van der Waals surface area contributed by atoms with Gasteiger partial charge in [-0.25, -0.2) is 0 Å². The van der Waals surface area contributed by atoms with E-state index in [4.69, 9.17) is 20.8 Å². The molecule has 0 aliphatic carbocycles. The maximum atomic E-state index is 10.6. The van der Waals surface area contributed by atoms with Crippen LogP contribution in [-0.4, -0.2) is 24.1 Å². The molecular weight excluding hydrogens is 230 g/mol. The molecule has 1 aromatic rings. The van der Waals surface area contributed by atoms with Crippen molar-refractivity contribution in [1.29, 1.82) is 0 Å². The van der Waals surface area contributed by atoms with Crippen molar-refractivity contribution in [2.24, 2.45) is 0 Å². The van der Waals surface area contributed by atoms with Crippen molar-refractivity contribution in [2.75, 3.05) is 0 Å². The molecule has 0 spiro atoms. The van der Waals surface area contributed by atoms with Gasteiger partial charge in [0.15, 0.2) is 0 Å². The fourth-order valence-electron chi connectivity index (χ4n) is 0.615. The van der Waals surface area contributed by atoms with Gasteiger partial charge < -0.3 is 0 Å². The van der Waals surface area contributed by atoms with Crippen LogP contribution in [0.5, 0.6) is 5.75 Å². The standard InChI is InChI=1S/C6H5AsClO3/c8-5-3-4(7(10)11)1-2-6(5)9/h1-3,9H,(H,10,11). The van der Waals surface area contributed by atoms with Gasteiger partial charge in [0.1, 0.15) is 0 Å². The number of hydrogen-bond acceptors (Lipinski definition) is 2. The van der Waals surface area contributed by atoms with Crippen molar-refractivity contribution in [3.8, 4) is 5.75 Å². The van der Waals surface area contributed by atoms with E-state index in [-0.39, 0.29) is 10.8 Å². The monoisotopic (exact) mass is 235 g/mol. The van der Waals surface area contributed by atoms with Gasteiger partial charge in [-0.2, -0.15) is 0 Å². The van der Waals surface area contributed by atoms with E-state index in [9.17, 15) is 3.74 Å². The number of phenolic OH excluding ortho intramolecular Hbond substituents is 1. The number of phenols is 1. The van der Waals surface area contributed by atoms with Gasteiger partial charge in [-0.1, -0.05) is 0 Å². The van der Waals surface area contributed by atoms with Crippen LogP contribution in [0.25, 0.3) is 0 Å². The van der Waals surface area contributed by atoms with Gasteiger partial charge in [-0.05, 0) is 0 Å². The van der Waals surface area contributed by atoms with Gasteiger partial charge in [0.2, 0.25) is 0 Å². The minimum atomic E-state index is -3.08. The summed E-state index contributed by atoms with van der Waals surface area (Å²) in [6.45, 7) is 0. The summed E-state index contributed by atoms with van der Waals surface area (Å²) < 4.78 is 19.5. The molecule has 0 amide bonds. The van der Waals surface area contributed by atoms with Crippen LogP contribution >= 0.6 is 11.6 Å². The van der Waals surface area contributed by atoms with Crippen LogP contribution in [0, 0.1) is 0 Å². The molecule has 11 heavy (non-hydrogen) atoms. The minimum absolute atomic E-state index is 0.0775. The van der Waals surface area contributed by atoms with Crippen LogP contribution in [0.3, 0.4) is 0 Å². The van der Waals surface area contributed by atoms with E-state index >= 15 is 0 Å². The van der Waals surface area contributed by atoms with Crippen molar-refractivity contribution >= 4 is 30.9 Å². The number of aromatic hydroxyl groups is 1. The molecule has 1 atom stereocenters. The zero-order chi connectivity index (χ0) is 8.43. The van der Waals surface area contributed by atoms with Gasteiger partial charge in [0, 0.05) is 0 Å². The second-order valence-corrected chi connectivity index (χ2v) is 4.54. The molecule has 0 bridgehead atoms. The zero-order valence-electron chi connectivity index (χ0n) is 5.36. The third-order valence-corrected chi connectivity index (χ3v) is 2.97. The summed E-state index contributed by atoms with van der Waals surface area (Å²) in [5, 5.41) is 9.03. The molecule has 0 heterocycles. The first-order valence-electron chi connectivity index (χ1n) is 2.76. The molecule has 5 heteroatoms. The predicted molar refractivity (Wildman–Crippen MR) is 41.4 cm³/mol. The van der Waals surface area contributed by atoms with E-state index in [1.807, 2.05) is 0 Å². The van der Waals surface area contributed by atoms with Crippen LogP contribution in [0.1, 0.15) is 0 Å². The maximum absolute atomic E-state index is 10.6. The van der Waals surface area contributed by atoms with Gasteiger partial charge in [0.25, 0.3) is 0 Å². The Bertz CT molecular complexity index is 300. The quantitative estimate of drug-likeness (QED) is 0.682. The molecule has 0 fully saturated rings. The van der Waals surface area contributed by atoms with E-state index in [1.54, 1.807) is 0 Å². The molecule has 0 saturated heterocycles. The molecule has 0 aliphatic rings. The molecular formula is C6H5AsClO3. The number of benzene rings is 1. The Morgan fingerprint density at radius 1 is 1.45 bits per heavy atom. The predicted octanol–water partition coefficient (Wildman–Crippen LogP) is 0.164. The van der Waals surface area contributed by atoms with E-state index < -0.39 is 14.9 Å². The molecule has 1 aromatic carbocycles. The zero-order valence-corrected chi connectivity index (χ0v) is 7.99. The first kappa shape index (κ1) is 8.72. The summed E-state index contributed by atoms with van der Waals surface area (Å²) in [5.74, 6) is -0.0775. The fraction of sp³-hybridized carbons (Fsp3) is 0. The molecule has 2 N–H and O–H groups in total. The van der Waals surface area contributed by atoms with Crippen molar-refractivity contribution in [1.82, 2.24) is 0 Å². The van der Waals surface area contributed by atoms with Gasteiger partial charge in [0.05, 0.1) is 0 Å². The van der Waals surface area contributed by atoms with Crippen molar-refractivity contribution < 1.29 is 12.9 Å². The Kier molecular flexibility index (Phi) is 2.66. The molecule has 1 rings (SSSR count). The fourth-order valence-corrected chi connectivity index (χ4v) is 1.89. The van der Waals surface area contributed by atoms with Crippen LogP contribution in [0.4, 0.5) is 0 Å². The molecule has 1 radical (unpaired) electrons. The van der Waals surface area contributed by atoms with E-state index in [0.29, 0.717) is 4.35 Å². The second kappa shape index (κ2) is 3.35. The average Bonchev–Trinajstić information content (AvgIpc) is 1.94. The van der Waals surface area contributed by atoms with Crippen molar-refractivity contribution in [3.05, 3.63) is 23.2 Å². The summed E-state index contributed by atoms with van der Waals surface area (Å²) in [6, 6.07) is 3.98. The SMILES string of the molecule is O=[As](O)c1ccc(O)c(Cl)c1. The summed E-state index contributed by atoms with van der Waals surface area (Å²) in [4.78, 5) is 0. The van der Waals surface area contributed by atoms with Gasteiger partial charge in [-0.15, -0.1) is 0 Å². The van der Waals surface area contributed by atoms with Crippen molar-refractivity contribution in [3.63, 3.8) is 0 Å².